The first-order valence-electron chi connectivity index (χ1n) is 6.55. The number of pyridine rings is 1. The second-order valence-corrected chi connectivity index (χ2v) is 5.19. The lowest BCUT2D eigenvalue weighted by Crippen LogP contribution is -2.21. The molecule has 102 valence electrons. The Bertz CT molecular complexity index is 532. The van der Waals surface area contributed by atoms with Gasteiger partial charge in [-0.15, -0.1) is 10.2 Å². The van der Waals surface area contributed by atoms with Crippen LogP contribution in [0.4, 0.5) is 0 Å². The minimum Gasteiger partial charge on any atom is -0.314 e. The topological polar surface area (TPSA) is 46.8 Å². The minimum absolute atomic E-state index is 0.385. The molecule has 0 saturated carbocycles. The molecule has 2 rings (SSSR count). The van der Waals surface area contributed by atoms with Crippen LogP contribution in [0.15, 0.2) is 24.5 Å². The van der Waals surface area contributed by atoms with Crippen LogP contribution < -0.4 is 0 Å². The smallest absolute Gasteiger partial charge is 0.147 e. The zero-order valence-corrected chi connectivity index (χ0v) is 12.0. The molecule has 0 aromatic carbocycles. The van der Waals surface area contributed by atoms with E-state index in [4.69, 9.17) is 0 Å². The van der Waals surface area contributed by atoms with Crippen molar-refractivity contribution >= 4 is 0 Å². The van der Waals surface area contributed by atoms with E-state index in [2.05, 4.69) is 51.6 Å². The van der Waals surface area contributed by atoms with Crippen LogP contribution >= 0.6 is 0 Å². The van der Waals surface area contributed by atoms with Crippen molar-refractivity contribution in [1.29, 1.82) is 0 Å². The van der Waals surface area contributed by atoms with Crippen LogP contribution in [0.5, 0.6) is 0 Å². The maximum Gasteiger partial charge on any atom is 0.147 e. The molecule has 0 spiro atoms. The van der Waals surface area contributed by atoms with E-state index in [9.17, 15) is 0 Å². The summed E-state index contributed by atoms with van der Waals surface area (Å²) in [6, 6.07) is 6.49. The third kappa shape index (κ3) is 3.61. The molecular formula is C14H21N5. The lowest BCUT2D eigenvalue weighted by Gasteiger charge is -2.17. The van der Waals surface area contributed by atoms with Crippen molar-refractivity contribution in [2.24, 2.45) is 0 Å². The van der Waals surface area contributed by atoms with E-state index in [-0.39, 0.29) is 0 Å². The maximum atomic E-state index is 4.52. The van der Waals surface area contributed by atoms with Crippen LogP contribution in [0.1, 0.15) is 37.1 Å². The predicted molar refractivity (Wildman–Crippen MR) is 74.6 cm³/mol. The van der Waals surface area contributed by atoms with Gasteiger partial charge in [-0.3, -0.25) is 9.88 Å². The van der Waals surface area contributed by atoms with Crippen molar-refractivity contribution in [2.45, 2.75) is 39.9 Å². The highest BCUT2D eigenvalue weighted by atomic mass is 15.3. The van der Waals surface area contributed by atoms with Gasteiger partial charge in [-0.25, -0.2) is 0 Å². The standard InChI is InChI=1S/C14H21N5/c1-11(2)19-10-15-17-14(19)9-18(4)8-13-7-5-6-12(3)16-13/h5-7,10-11H,8-9H2,1-4H3. The van der Waals surface area contributed by atoms with Crippen molar-refractivity contribution in [1.82, 2.24) is 24.6 Å². The quantitative estimate of drug-likeness (QED) is 0.826. The lowest BCUT2D eigenvalue weighted by atomic mass is 10.3. The Kier molecular flexibility index (Phi) is 4.27. The molecule has 0 radical (unpaired) electrons. The van der Waals surface area contributed by atoms with Gasteiger partial charge in [-0.2, -0.15) is 0 Å². The van der Waals surface area contributed by atoms with Crippen LogP contribution in [-0.2, 0) is 13.1 Å². The molecule has 2 aromatic rings. The first-order chi connectivity index (χ1) is 9.06. The number of rotatable bonds is 5. The van der Waals surface area contributed by atoms with Crippen LogP contribution in [0.2, 0.25) is 0 Å². The molecule has 0 bridgehead atoms. The summed E-state index contributed by atoms with van der Waals surface area (Å²) in [5, 5.41) is 8.18. The molecule has 19 heavy (non-hydrogen) atoms. The van der Waals surface area contributed by atoms with Crippen LogP contribution in [0.3, 0.4) is 0 Å². The molecule has 0 saturated heterocycles. The summed E-state index contributed by atoms with van der Waals surface area (Å²) in [6.45, 7) is 7.86. The largest absolute Gasteiger partial charge is 0.314 e. The van der Waals surface area contributed by atoms with Gasteiger partial charge >= 0.3 is 0 Å². The van der Waals surface area contributed by atoms with Gasteiger partial charge in [0.25, 0.3) is 0 Å². The van der Waals surface area contributed by atoms with Crippen LogP contribution in [0.25, 0.3) is 0 Å². The predicted octanol–water partition coefficient (Wildman–Crippen LogP) is 2.19. The molecule has 5 nitrogen and oxygen atoms in total. The third-order valence-corrected chi connectivity index (χ3v) is 2.99. The molecule has 0 aliphatic rings. The lowest BCUT2D eigenvalue weighted by molar-refractivity contribution is 0.298. The fourth-order valence-corrected chi connectivity index (χ4v) is 2.07. The van der Waals surface area contributed by atoms with Gasteiger partial charge in [0.1, 0.15) is 12.2 Å². The molecular weight excluding hydrogens is 238 g/mol. The second-order valence-electron chi connectivity index (χ2n) is 5.19. The average molecular weight is 259 g/mol. The minimum atomic E-state index is 0.385. The van der Waals surface area contributed by atoms with E-state index < -0.39 is 0 Å². The highest BCUT2D eigenvalue weighted by Gasteiger charge is 2.10. The maximum absolute atomic E-state index is 4.52. The van der Waals surface area contributed by atoms with Crippen molar-refractivity contribution in [2.75, 3.05) is 7.05 Å². The molecule has 0 aliphatic carbocycles. The molecule has 0 N–H and O–H groups in total. The Morgan fingerprint density at radius 3 is 2.74 bits per heavy atom. The highest BCUT2D eigenvalue weighted by Crippen LogP contribution is 2.10. The van der Waals surface area contributed by atoms with Crippen LogP contribution in [0, 0.1) is 6.92 Å². The first kappa shape index (κ1) is 13.7. The van der Waals surface area contributed by atoms with Crippen molar-refractivity contribution in [3.8, 4) is 0 Å². The van der Waals surface area contributed by atoms with Crippen molar-refractivity contribution < 1.29 is 0 Å². The third-order valence-electron chi connectivity index (χ3n) is 2.99. The number of hydrogen-bond acceptors (Lipinski definition) is 4. The Hall–Kier alpha value is -1.75. The van der Waals surface area contributed by atoms with Gasteiger partial charge in [0.05, 0.1) is 12.2 Å². The van der Waals surface area contributed by atoms with E-state index in [1.807, 2.05) is 19.1 Å². The summed E-state index contributed by atoms with van der Waals surface area (Å²) in [6.07, 6.45) is 1.79. The summed E-state index contributed by atoms with van der Waals surface area (Å²) in [5.74, 6) is 0.991. The molecule has 2 heterocycles. The fourth-order valence-electron chi connectivity index (χ4n) is 2.07. The molecule has 0 amide bonds. The zero-order valence-electron chi connectivity index (χ0n) is 12.0. The summed E-state index contributed by atoms with van der Waals surface area (Å²) >= 11 is 0. The number of hydrogen-bond donors (Lipinski definition) is 0. The SMILES string of the molecule is Cc1cccc(CN(C)Cc2nncn2C(C)C)n1. The van der Waals surface area contributed by atoms with E-state index in [0.29, 0.717) is 6.04 Å². The fraction of sp³-hybridized carbons (Fsp3) is 0.500. The van der Waals surface area contributed by atoms with Gasteiger partial charge in [0, 0.05) is 18.3 Å². The monoisotopic (exact) mass is 259 g/mol. The Morgan fingerprint density at radius 2 is 2.05 bits per heavy atom. The molecule has 0 atom stereocenters. The highest BCUT2D eigenvalue weighted by molar-refractivity contribution is 5.09. The molecule has 0 aliphatic heterocycles. The van der Waals surface area contributed by atoms with Crippen molar-refractivity contribution in [3.63, 3.8) is 0 Å². The Morgan fingerprint density at radius 1 is 1.26 bits per heavy atom. The summed E-state index contributed by atoms with van der Waals surface area (Å²) in [7, 11) is 2.07. The van der Waals surface area contributed by atoms with Gasteiger partial charge < -0.3 is 4.57 Å². The molecule has 5 heteroatoms. The summed E-state index contributed by atoms with van der Waals surface area (Å²) in [4.78, 5) is 6.71. The Balaban J connectivity index is 2.01. The van der Waals surface area contributed by atoms with E-state index in [1.54, 1.807) is 6.33 Å². The van der Waals surface area contributed by atoms with Crippen LogP contribution in [-0.4, -0.2) is 31.7 Å². The van der Waals surface area contributed by atoms with Crippen molar-refractivity contribution in [3.05, 3.63) is 41.7 Å². The summed E-state index contributed by atoms with van der Waals surface area (Å²) < 4.78 is 2.10. The average Bonchev–Trinajstić information content (AvgIpc) is 2.76. The van der Waals surface area contributed by atoms with Gasteiger partial charge in [0.2, 0.25) is 0 Å². The van der Waals surface area contributed by atoms with Gasteiger partial charge in [0.15, 0.2) is 0 Å². The van der Waals surface area contributed by atoms with Gasteiger partial charge in [-0.05, 0) is 40.0 Å². The second kappa shape index (κ2) is 5.93. The van der Waals surface area contributed by atoms with Gasteiger partial charge in [-0.1, -0.05) is 6.07 Å². The summed E-state index contributed by atoms with van der Waals surface area (Å²) in [5.41, 5.74) is 2.13. The van der Waals surface area contributed by atoms with E-state index in [0.717, 1.165) is 30.3 Å². The number of aryl methyl sites for hydroxylation is 1. The zero-order chi connectivity index (χ0) is 13.8. The molecule has 2 aromatic heterocycles. The van der Waals surface area contributed by atoms with E-state index >= 15 is 0 Å². The number of aromatic nitrogens is 4. The number of nitrogens with zero attached hydrogens (tertiary/aromatic N) is 5. The molecule has 0 unspecified atom stereocenters. The normalized spacial score (nSPS) is 11.5. The first-order valence-corrected chi connectivity index (χ1v) is 6.55. The van der Waals surface area contributed by atoms with E-state index in [1.165, 1.54) is 0 Å². The molecule has 0 fully saturated rings. The Labute approximate surface area is 114 Å².